The van der Waals surface area contributed by atoms with E-state index in [1.807, 2.05) is 4.90 Å². The van der Waals surface area contributed by atoms with Crippen molar-refractivity contribution in [2.24, 2.45) is 11.7 Å². The molecular weight excluding hydrogens is 288 g/mol. The SMILES string of the molecule is CCCN(CC1CCCCO1)C(=O)C[C@@H]1CCC[C@H]1N.Cl. The van der Waals surface area contributed by atoms with E-state index in [0.29, 0.717) is 12.3 Å². The second kappa shape index (κ2) is 9.65. The van der Waals surface area contributed by atoms with Gasteiger partial charge in [0.2, 0.25) is 5.91 Å². The minimum Gasteiger partial charge on any atom is -0.376 e. The molecular formula is C16H31ClN2O2. The van der Waals surface area contributed by atoms with Crippen LogP contribution in [-0.4, -0.2) is 42.6 Å². The summed E-state index contributed by atoms with van der Waals surface area (Å²) in [7, 11) is 0. The van der Waals surface area contributed by atoms with Crippen LogP contribution in [-0.2, 0) is 9.53 Å². The third-order valence-electron chi connectivity index (χ3n) is 4.70. The molecule has 0 aromatic rings. The van der Waals surface area contributed by atoms with Crippen molar-refractivity contribution >= 4 is 18.3 Å². The Morgan fingerprint density at radius 3 is 2.62 bits per heavy atom. The van der Waals surface area contributed by atoms with E-state index in [1.165, 1.54) is 12.8 Å². The van der Waals surface area contributed by atoms with Gasteiger partial charge in [-0.1, -0.05) is 13.3 Å². The largest absolute Gasteiger partial charge is 0.376 e. The molecule has 0 spiro atoms. The highest BCUT2D eigenvalue weighted by Gasteiger charge is 2.29. The van der Waals surface area contributed by atoms with E-state index in [4.69, 9.17) is 10.5 Å². The quantitative estimate of drug-likeness (QED) is 0.819. The van der Waals surface area contributed by atoms with Crippen molar-refractivity contribution in [2.45, 2.75) is 70.4 Å². The lowest BCUT2D eigenvalue weighted by Crippen LogP contribution is -2.41. The molecule has 1 aliphatic heterocycles. The monoisotopic (exact) mass is 318 g/mol. The number of ether oxygens (including phenoxy) is 1. The highest BCUT2D eigenvalue weighted by molar-refractivity contribution is 5.85. The van der Waals surface area contributed by atoms with Crippen LogP contribution < -0.4 is 5.73 Å². The molecule has 5 heteroatoms. The van der Waals surface area contributed by atoms with Gasteiger partial charge in [-0.2, -0.15) is 0 Å². The van der Waals surface area contributed by atoms with Gasteiger partial charge >= 0.3 is 0 Å². The Labute approximate surface area is 135 Å². The fourth-order valence-corrected chi connectivity index (χ4v) is 3.46. The van der Waals surface area contributed by atoms with Crippen LogP contribution >= 0.6 is 12.4 Å². The number of carbonyl (C=O) groups excluding carboxylic acids is 1. The van der Waals surface area contributed by atoms with E-state index in [-0.39, 0.29) is 30.5 Å². The molecule has 0 aromatic carbocycles. The lowest BCUT2D eigenvalue weighted by molar-refractivity contribution is -0.135. The van der Waals surface area contributed by atoms with E-state index in [2.05, 4.69) is 6.92 Å². The van der Waals surface area contributed by atoms with Gasteiger partial charge in [0.15, 0.2) is 0 Å². The number of nitrogens with two attached hydrogens (primary N) is 1. The highest BCUT2D eigenvalue weighted by Crippen LogP contribution is 2.27. The topological polar surface area (TPSA) is 55.6 Å². The third kappa shape index (κ3) is 5.76. The predicted octanol–water partition coefficient (Wildman–Crippen LogP) is 2.73. The summed E-state index contributed by atoms with van der Waals surface area (Å²) in [6, 6.07) is 0.230. The standard InChI is InChI=1S/C16H30N2O2.ClH/c1-2-9-18(12-14-7-3-4-10-20-14)16(19)11-13-6-5-8-15(13)17;/h13-15H,2-12,17H2,1H3;1H/t13-,14?,15+;/m0./s1. The van der Waals surface area contributed by atoms with Crippen molar-refractivity contribution in [3.05, 3.63) is 0 Å². The average Bonchev–Trinajstić information content (AvgIpc) is 2.85. The number of hydrogen-bond acceptors (Lipinski definition) is 3. The van der Waals surface area contributed by atoms with Gasteiger partial charge in [0, 0.05) is 32.2 Å². The Hall–Kier alpha value is -0.320. The molecule has 0 bridgehead atoms. The third-order valence-corrected chi connectivity index (χ3v) is 4.70. The first-order valence-electron chi connectivity index (χ1n) is 8.35. The zero-order valence-corrected chi connectivity index (χ0v) is 14.1. The first kappa shape index (κ1) is 18.7. The van der Waals surface area contributed by atoms with Crippen LogP contribution in [0.2, 0.25) is 0 Å². The Balaban J connectivity index is 0.00000220. The minimum absolute atomic E-state index is 0. The maximum atomic E-state index is 12.5. The molecule has 1 amide bonds. The van der Waals surface area contributed by atoms with Gasteiger partial charge in [0.25, 0.3) is 0 Å². The smallest absolute Gasteiger partial charge is 0.222 e. The van der Waals surface area contributed by atoms with E-state index in [9.17, 15) is 4.79 Å². The molecule has 0 aromatic heterocycles. The van der Waals surface area contributed by atoms with Crippen molar-refractivity contribution in [3.63, 3.8) is 0 Å². The number of rotatable bonds is 6. The molecule has 2 rings (SSSR count). The Morgan fingerprint density at radius 2 is 2.05 bits per heavy atom. The fraction of sp³-hybridized carbons (Fsp3) is 0.938. The average molecular weight is 319 g/mol. The summed E-state index contributed by atoms with van der Waals surface area (Å²) in [6.07, 6.45) is 8.75. The number of amides is 1. The fourth-order valence-electron chi connectivity index (χ4n) is 3.46. The molecule has 1 saturated carbocycles. The molecule has 21 heavy (non-hydrogen) atoms. The number of nitrogens with zero attached hydrogens (tertiary/aromatic N) is 1. The van der Waals surface area contributed by atoms with E-state index in [0.717, 1.165) is 51.8 Å². The molecule has 4 nitrogen and oxygen atoms in total. The van der Waals surface area contributed by atoms with Gasteiger partial charge in [-0.3, -0.25) is 4.79 Å². The van der Waals surface area contributed by atoms with Crippen molar-refractivity contribution in [1.82, 2.24) is 4.90 Å². The second-order valence-electron chi connectivity index (χ2n) is 6.39. The van der Waals surface area contributed by atoms with E-state index < -0.39 is 0 Å². The first-order valence-corrected chi connectivity index (χ1v) is 8.35. The van der Waals surface area contributed by atoms with Gasteiger partial charge in [0.1, 0.15) is 0 Å². The Morgan fingerprint density at radius 1 is 1.24 bits per heavy atom. The van der Waals surface area contributed by atoms with Gasteiger partial charge in [-0.25, -0.2) is 0 Å². The Kier molecular flexibility index (Phi) is 8.60. The van der Waals surface area contributed by atoms with Crippen molar-refractivity contribution in [1.29, 1.82) is 0 Å². The van der Waals surface area contributed by atoms with Crippen molar-refractivity contribution in [2.75, 3.05) is 19.7 Å². The van der Waals surface area contributed by atoms with Gasteiger partial charge in [-0.15, -0.1) is 12.4 Å². The van der Waals surface area contributed by atoms with Crippen molar-refractivity contribution < 1.29 is 9.53 Å². The van der Waals surface area contributed by atoms with Crippen LogP contribution in [0.4, 0.5) is 0 Å². The summed E-state index contributed by atoms with van der Waals surface area (Å²) in [5.41, 5.74) is 6.09. The molecule has 3 atom stereocenters. The molecule has 2 fully saturated rings. The molecule has 1 unspecified atom stereocenters. The van der Waals surface area contributed by atoms with Crippen molar-refractivity contribution in [3.8, 4) is 0 Å². The first-order chi connectivity index (χ1) is 9.70. The van der Waals surface area contributed by atoms with Gasteiger partial charge in [0.05, 0.1) is 6.10 Å². The number of hydrogen-bond donors (Lipinski definition) is 1. The van der Waals surface area contributed by atoms with Crippen LogP contribution in [0.25, 0.3) is 0 Å². The molecule has 0 radical (unpaired) electrons. The maximum Gasteiger partial charge on any atom is 0.222 e. The summed E-state index contributed by atoms with van der Waals surface area (Å²) < 4.78 is 5.78. The molecule has 1 heterocycles. The second-order valence-corrected chi connectivity index (χ2v) is 6.39. The van der Waals surface area contributed by atoms with E-state index in [1.54, 1.807) is 0 Å². The lowest BCUT2D eigenvalue weighted by Gasteiger charge is -2.31. The Bertz CT molecular complexity index is 309. The number of halogens is 1. The van der Waals surface area contributed by atoms with Crippen LogP contribution in [0.1, 0.15) is 58.3 Å². The van der Waals surface area contributed by atoms with Crippen LogP contribution in [0, 0.1) is 5.92 Å². The van der Waals surface area contributed by atoms with Crippen LogP contribution in [0.3, 0.4) is 0 Å². The lowest BCUT2D eigenvalue weighted by atomic mass is 9.99. The number of carbonyl (C=O) groups is 1. The normalized spacial score (nSPS) is 29.0. The zero-order chi connectivity index (χ0) is 14.4. The molecule has 2 N–H and O–H groups in total. The summed E-state index contributed by atoms with van der Waals surface area (Å²) in [5.74, 6) is 0.678. The summed E-state index contributed by atoms with van der Waals surface area (Å²) in [4.78, 5) is 14.5. The van der Waals surface area contributed by atoms with Gasteiger partial charge < -0.3 is 15.4 Å². The zero-order valence-electron chi connectivity index (χ0n) is 13.3. The predicted molar refractivity (Wildman–Crippen MR) is 87.6 cm³/mol. The summed E-state index contributed by atoms with van der Waals surface area (Å²) >= 11 is 0. The molecule has 1 saturated heterocycles. The summed E-state index contributed by atoms with van der Waals surface area (Å²) in [5, 5.41) is 0. The van der Waals surface area contributed by atoms with Gasteiger partial charge in [-0.05, 0) is 44.4 Å². The minimum atomic E-state index is 0. The van der Waals surface area contributed by atoms with Crippen LogP contribution in [0.15, 0.2) is 0 Å². The molecule has 124 valence electrons. The van der Waals surface area contributed by atoms with Crippen LogP contribution in [0.5, 0.6) is 0 Å². The highest BCUT2D eigenvalue weighted by atomic mass is 35.5. The van der Waals surface area contributed by atoms with E-state index >= 15 is 0 Å². The summed E-state index contributed by atoms with van der Waals surface area (Å²) in [6.45, 7) is 4.60. The molecule has 1 aliphatic carbocycles. The molecule has 2 aliphatic rings. The maximum absolute atomic E-state index is 12.5.